The third-order valence-corrected chi connectivity index (χ3v) is 5.06. The highest BCUT2D eigenvalue weighted by Crippen LogP contribution is 2.32. The number of anilines is 1. The van der Waals surface area contributed by atoms with E-state index < -0.39 is 0 Å². The summed E-state index contributed by atoms with van der Waals surface area (Å²) in [7, 11) is 0. The van der Waals surface area contributed by atoms with Crippen molar-refractivity contribution >= 4 is 27.6 Å². The van der Waals surface area contributed by atoms with Gasteiger partial charge in [0.25, 0.3) is 0 Å². The zero-order valence-electron chi connectivity index (χ0n) is 15.9. The van der Waals surface area contributed by atoms with Crippen molar-refractivity contribution in [2.75, 3.05) is 5.32 Å². The van der Waals surface area contributed by atoms with Gasteiger partial charge in [-0.1, -0.05) is 24.3 Å². The number of nitrogens with one attached hydrogen (secondary N) is 1. The molecule has 0 spiro atoms. The highest BCUT2D eigenvalue weighted by atomic mass is 14.9. The van der Waals surface area contributed by atoms with Crippen LogP contribution in [0.15, 0.2) is 85.6 Å². The van der Waals surface area contributed by atoms with Gasteiger partial charge in [0.2, 0.25) is 0 Å². The Hall–Kier alpha value is -3.86. The van der Waals surface area contributed by atoms with E-state index in [9.17, 15) is 0 Å². The molecule has 0 aliphatic heterocycles. The predicted octanol–water partition coefficient (Wildman–Crippen LogP) is 5.41. The van der Waals surface area contributed by atoms with E-state index in [0.29, 0.717) is 0 Å². The van der Waals surface area contributed by atoms with Crippen LogP contribution in [0.3, 0.4) is 0 Å². The molecule has 0 saturated carbocycles. The quantitative estimate of drug-likeness (QED) is 0.453. The molecule has 5 rings (SSSR count). The smallest absolute Gasteiger partial charge is 0.0966 e. The van der Waals surface area contributed by atoms with Crippen molar-refractivity contribution in [2.24, 2.45) is 0 Å². The fraction of sp³-hybridized carbons (Fsp3) is 0.0833. The van der Waals surface area contributed by atoms with Crippen molar-refractivity contribution < 1.29 is 0 Å². The standard InChI is InChI=1S/C24H19N5/c1-16(19-5-2-8-25-15-19)29-20-13-21(24-23(14-20)27-10-11-28-24)18-7-6-17-4-3-9-26-22(17)12-18/h2-16,29H,1H3. The number of pyridine rings is 2. The molecular weight excluding hydrogens is 358 g/mol. The second kappa shape index (κ2) is 7.28. The molecule has 0 saturated heterocycles. The number of hydrogen-bond donors (Lipinski definition) is 1. The molecule has 1 unspecified atom stereocenters. The lowest BCUT2D eigenvalue weighted by molar-refractivity contribution is 0.876. The van der Waals surface area contributed by atoms with Gasteiger partial charge in [-0.25, -0.2) is 0 Å². The van der Waals surface area contributed by atoms with Gasteiger partial charge in [-0.2, -0.15) is 0 Å². The summed E-state index contributed by atoms with van der Waals surface area (Å²) in [6, 6.07) is 18.6. The Morgan fingerprint density at radius 2 is 1.66 bits per heavy atom. The Balaban J connectivity index is 1.62. The zero-order chi connectivity index (χ0) is 19.6. The average molecular weight is 377 g/mol. The van der Waals surface area contributed by atoms with Crippen molar-refractivity contribution in [3.63, 3.8) is 0 Å². The summed E-state index contributed by atoms with van der Waals surface area (Å²) in [6.07, 6.45) is 8.94. The van der Waals surface area contributed by atoms with E-state index in [1.807, 2.05) is 30.6 Å². The maximum absolute atomic E-state index is 4.60. The lowest BCUT2D eigenvalue weighted by atomic mass is 10.0. The number of aromatic nitrogens is 4. The van der Waals surface area contributed by atoms with Gasteiger partial charge >= 0.3 is 0 Å². The Morgan fingerprint density at radius 1 is 0.793 bits per heavy atom. The Morgan fingerprint density at radius 3 is 2.55 bits per heavy atom. The van der Waals surface area contributed by atoms with Crippen LogP contribution in [0.4, 0.5) is 5.69 Å². The Labute approximate surface area is 168 Å². The number of fused-ring (bicyclic) bond motifs is 2. The monoisotopic (exact) mass is 377 g/mol. The van der Waals surface area contributed by atoms with Gasteiger partial charge in [-0.05, 0) is 48.4 Å². The minimum atomic E-state index is 0.115. The van der Waals surface area contributed by atoms with Crippen LogP contribution in [0.2, 0.25) is 0 Å². The van der Waals surface area contributed by atoms with E-state index in [-0.39, 0.29) is 6.04 Å². The van der Waals surface area contributed by atoms with Crippen LogP contribution in [-0.4, -0.2) is 19.9 Å². The average Bonchev–Trinajstić information content (AvgIpc) is 2.79. The second-order valence-corrected chi connectivity index (χ2v) is 7.01. The van der Waals surface area contributed by atoms with Crippen LogP contribution in [0, 0.1) is 0 Å². The maximum Gasteiger partial charge on any atom is 0.0966 e. The van der Waals surface area contributed by atoms with Gasteiger partial charge in [0.1, 0.15) is 0 Å². The van der Waals surface area contributed by atoms with Crippen molar-refractivity contribution in [1.29, 1.82) is 0 Å². The molecular formula is C24H19N5. The molecule has 3 aromatic heterocycles. The highest BCUT2D eigenvalue weighted by molar-refractivity contribution is 5.96. The third kappa shape index (κ3) is 3.38. The summed E-state index contributed by atoms with van der Waals surface area (Å²) in [5.41, 5.74) is 6.91. The lowest BCUT2D eigenvalue weighted by Gasteiger charge is -2.17. The molecule has 1 N–H and O–H groups in total. The molecule has 29 heavy (non-hydrogen) atoms. The summed E-state index contributed by atoms with van der Waals surface area (Å²) in [5.74, 6) is 0. The van der Waals surface area contributed by atoms with Gasteiger partial charge in [0.05, 0.1) is 22.6 Å². The number of hydrogen-bond acceptors (Lipinski definition) is 5. The molecule has 5 heteroatoms. The Kier molecular flexibility index (Phi) is 4.33. The molecule has 1 atom stereocenters. The SMILES string of the molecule is CC(Nc1cc(-c2ccc3cccnc3c2)c2nccnc2c1)c1cccnc1. The van der Waals surface area contributed by atoms with E-state index >= 15 is 0 Å². The van der Waals surface area contributed by atoms with Crippen molar-refractivity contribution in [3.05, 3.63) is 91.1 Å². The molecule has 2 aromatic carbocycles. The molecule has 5 nitrogen and oxygen atoms in total. The summed E-state index contributed by atoms with van der Waals surface area (Å²) >= 11 is 0. The van der Waals surface area contributed by atoms with E-state index in [4.69, 9.17) is 0 Å². The minimum Gasteiger partial charge on any atom is -0.378 e. The van der Waals surface area contributed by atoms with Crippen LogP contribution in [0.5, 0.6) is 0 Å². The van der Waals surface area contributed by atoms with Gasteiger partial charge in [0, 0.05) is 47.6 Å². The largest absolute Gasteiger partial charge is 0.378 e. The fourth-order valence-electron chi connectivity index (χ4n) is 3.58. The van der Waals surface area contributed by atoms with E-state index in [1.54, 1.807) is 18.6 Å². The molecule has 0 aliphatic rings. The first-order valence-corrected chi connectivity index (χ1v) is 9.54. The van der Waals surface area contributed by atoms with Crippen molar-refractivity contribution in [2.45, 2.75) is 13.0 Å². The molecule has 3 heterocycles. The summed E-state index contributed by atoms with van der Waals surface area (Å²) in [5, 5.41) is 4.69. The predicted molar refractivity (Wildman–Crippen MR) is 117 cm³/mol. The number of nitrogens with zero attached hydrogens (tertiary/aromatic N) is 4. The topological polar surface area (TPSA) is 63.6 Å². The van der Waals surface area contributed by atoms with Crippen LogP contribution in [0.1, 0.15) is 18.5 Å². The first-order chi connectivity index (χ1) is 14.3. The van der Waals surface area contributed by atoms with Crippen LogP contribution in [-0.2, 0) is 0 Å². The van der Waals surface area contributed by atoms with E-state index in [1.165, 1.54) is 0 Å². The van der Waals surface area contributed by atoms with Gasteiger partial charge in [-0.15, -0.1) is 0 Å². The first kappa shape index (κ1) is 17.3. The van der Waals surface area contributed by atoms with Crippen molar-refractivity contribution in [1.82, 2.24) is 19.9 Å². The summed E-state index contributed by atoms with van der Waals surface area (Å²) in [4.78, 5) is 17.9. The van der Waals surface area contributed by atoms with Crippen LogP contribution >= 0.6 is 0 Å². The van der Waals surface area contributed by atoms with Crippen LogP contribution in [0.25, 0.3) is 33.1 Å². The number of benzene rings is 2. The van der Waals surface area contributed by atoms with Gasteiger partial charge in [0.15, 0.2) is 0 Å². The second-order valence-electron chi connectivity index (χ2n) is 7.01. The molecule has 140 valence electrons. The van der Waals surface area contributed by atoms with Crippen LogP contribution < -0.4 is 5.32 Å². The maximum atomic E-state index is 4.60. The minimum absolute atomic E-state index is 0.115. The highest BCUT2D eigenvalue weighted by Gasteiger charge is 2.12. The molecule has 0 fully saturated rings. The summed E-state index contributed by atoms with van der Waals surface area (Å²) < 4.78 is 0. The van der Waals surface area contributed by atoms with Crippen molar-refractivity contribution in [3.8, 4) is 11.1 Å². The summed E-state index contributed by atoms with van der Waals surface area (Å²) in [6.45, 7) is 2.12. The zero-order valence-corrected chi connectivity index (χ0v) is 15.9. The van der Waals surface area contributed by atoms with E-state index in [2.05, 4.69) is 68.6 Å². The molecule has 0 aliphatic carbocycles. The molecule has 5 aromatic rings. The molecule has 0 radical (unpaired) electrons. The molecule has 0 bridgehead atoms. The fourth-order valence-corrected chi connectivity index (χ4v) is 3.58. The normalized spacial score (nSPS) is 12.2. The van der Waals surface area contributed by atoms with Gasteiger partial charge in [-0.3, -0.25) is 19.9 Å². The van der Waals surface area contributed by atoms with E-state index in [0.717, 1.165) is 44.3 Å². The third-order valence-electron chi connectivity index (χ3n) is 5.06. The lowest BCUT2D eigenvalue weighted by Crippen LogP contribution is -2.07. The Bertz CT molecular complexity index is 1300. The number of rotatable bonds is 4. The van der Waals surface area contributed by atoms with Gasteiger partial charge < -0.3 is 5.32 Å². The first-order valence-electron chi connectivity index (χ1n) is 9.54. The molecule has 0 amide bonds.